The molecule has 24 heavy (non-hydrogen) atoms. The molecule has 0 saturated carbocycles. The molecule has 2 heterocycles. The molecule has 6 nitrogen and oxygen atoms in total. The lowest BCUT2D eigenvalue weighted by molar-refractivity contribution is -0.134. The number of rotatable bonds is 6. The summed E-state index contributed by atoms with van der Waals surface area (Å²) in [5.74, 6) is 0.448. The summed E-state index contributed by atoms with van der Waals surface area (Å²) in [6, 6.07) is 1.51. The number of alkyl halides is 3. The lowest BCUT2D eigenvalue weighted by Gasteiger charge is -2.34. The molecule has 1 saturated heterocycles. The normalized spacial score (nSPS) is 16.2. The zero-order chi connectivity index (χ0) is 17.6. The van der Waals surface area contributed by atoms with Crippen LogP contribution in [0.25, 0.3) is 0 Å². The van der Waals surface area contributed by atoms with Gasteiger partial charge >= 0.3 is 6.18 Å². The fourth-order valence-electron chi connectivity index (χ4n) is 2.51. The molecule has 1 aromatic heterocycles. The maximum Gasteiger partial charge on any atom is 0.389 e. The van der Waals surface area contributed by atoms with Crippen LogP contribution in [0.1, 0.15) is 19.0 Å². The number of carbonyl (C=O) groups excluding carboxylic acids is 1. The van der Waals surface area contributed by atoms with Gasteiger partial charge in [-0.2, -0.15) is 13.2 Å². The molecule has 0 radical (unpaired) electrons. The number of aryl methyl sites for hydroxylation is 1. The highest BCUT2D eigenvalue weighted by Crippen LogP contribution is 2.22. The Balaban J connectivity index is 1.86. The highest BCUT2D eigenvalue weighted by Gasteiger charge is 2.27. The number of carbonyl (C=O) groups is 1. The molecule has 1 aliphatic heterocycles. The number of hydrogen-bond donors (Lipinski definition) is 1. The minimum atomic E-state index is -4.18. The first-order valence-electron chi connectivity index (χ1n) is 8.00. The molecule has 1 aliphatic rings. The van der Waals surface area contributed by atoms with Gasteiger partial charge < -0.3 is 10.2 Å². The highest BCUT2D eigenvalue weighted by molar-refractivity contribution is 5.77. The van der Waals surface area contributed by atoms with Crippen LogP contribution in [0.4, 0.5) is 19.1 Å². The van der Waals surface area contributed by atoms with Crippen molar-refractivity contribution in [3.8, 4) is 0 Å². The number of likely N-dealkylation sites (N-methyl/N-ethyl adjacent to an activating group) is 1. The third kappa shape index (κ3) is 5.95. The molecule has 0 aliphatic carbocycles. The molecule has 1 fully saturated rings. The Morgan fingerprint density at radius 2 is 2.00 bits per heavy atom. The first-order chi connectivity index (χ1) is 11.4. The molecule has 134 valence electrons. The van der Waals surface area contributed by atoms with E-state index in [1.807, 2.05) is 16.7 Å². The van der Waals surface area contributed by atoms with E-state index in [0.717, 1.165) is 0 Å². The molecular weight excluding hydrogens is 323 g/mol. The van der Waals surface area contributed by atoms with Gasteiger partial charge in [0.1, 0.15) is 0 Å². The van der Waals surface area contributed by atoms with Gasteiger partial charge in [-0.05, 0) is 19.4 Å². The Morgan fingerprint density at radius 1 is 1.29 bits per heavy atom. The molecule has 1 aromatic rings. The minimum absolute atomic E-state index is 0.00338. The van der Waals surface area contributed by atoms with Gasteiger partial charge in [0.2, 0.25) is 11.9 Å². The van der Waals surface area contributed by atoms with E-state index in [0.29, 0.717) is 50.9 Å². The average Bonchev–Trinajstić information content (AvgIpc) is 2.53. The van der Waals surface area contributed by atoms with Crippen molar-refractivity contribution in [2.45, 2.75) is 25.9 Å². The van der Waals surface area contributed by atoms with Gasteiger partial charge in [0.05, 0.1) is 6.54 Å². The molecule has 0 aromatic carbocycles. The van der Waals surface area contributed by atoms with Gasteiger partial charge in [-0.3, -0.25) is 9.69 Å². The summed E-state index contributed by atoms with van der Waals surface area (Å²) in [6.07, 6.45) is -3.72. The van der Waals surface area contributed by atoms with Crippen LogP contribution < -0.4 is 10.2 Å². The smallest absolute Gasteiger partial charge is 0.355 e. The van der Waals surface area contributed by atoms with Gasteiger partial charge in [0.15, 0.2) is 0 Å². The van der Waals surface area contributed by atoms with Crippen LogP contribution in [0.15, 0.2) is 12.3 Å². The molecule has 2 rings (SSSR count). The Morgan fingerprint density at radius 3 is 2.62 bits per heavy atom. The Hall–Kier alpha value is -1.90. The van der Waals surface area contributed by atoms with Gasteiger partial charge in [0.25, 0.3) is 0 Å². The van der Waals surface area contributed by atoms with Crippen molar-refractivity contribution in [3.05, 3.63) is 18.0 Å². The Labute approximate surface area is 139 Å². The molecule has 1 amide bonds. The monoisotopic (exact) mass is 345 g/mol. The second-order valence-electron chi connectivity index (χ2n) is 5.68. The lowest BCUT2D eigenvalue weighted by atomic mass is 10.2. The number of piperazine rings is 1. The van der Waals surface area contributed by atoms with Crippen molar-refractivity contribution >= 4 is 11.9 Å². The van der Waals surface area contributed by atoms with Gasteiger partial charge in [-0.15, -0.1) is 0 Å². The maximum atomic E-state index is 12.3. The Kier molecular flexibility index (Phi) is 6.36. The number of hydrogen-bond acceptors (Lipinski definition) is 5. The summed E-state index contributed by atoms with van der Waals surface area (Å²) >= 11 is 0. The van der Waals surface area contributed by atoms with Crippen molar-refractivity contribution < 1.29 is 18.0 Å². The minimum Gasteiger partial charge on any atom is -0.355 e. The van der Waals surface area contributed by atoms with E-state index in [9.17, 15) is 18.0 Å². The van der Waals surface area contributed by atoms with Crippen molar-refractivity contribution in [1.29, 1.82) is 0 Å². The van der Waals surface area contributed by atoms with Crippen molar-refractivity contribution in [3.63, 3.8) is 0 Å². The summed E-state index contributed by atoms with van der Waals surface area (Å²) in [4.78, 5) is 23.9. The van der Waals surface area contributed by atoms with E-state index in [4.69, 9.17) is 0 Å². The molecular formula is C15H22F3N5O. The van der Waals surface area contributed by atoms with E-state index in [-0.39, 0.29) is 12.3 Å². The lowest BCUT2D eigenvalue weighted by Crippen LogP contribution is -2.50. The summed E-state index contributed by atoms with van der Waals surface area (Å²) in [5, 5.41) is 2.76. The highest BCUT2D eigenvalue weighted by atomic mass is 19.4. The van der Waals surface area contributed by atoms with Gasteiger partial charge in [-0.25, -0.2) is 9.97 Å². The first-order valence-corrected chi connectivity index (χ1v) is 8.00. The number of amides is 1. The van der Waals surface area contributed by atoms with E-state index >= 15 is 0 Å². The summed E-state index contributed by atoms with van der Waals surface area (Å²) in [7, 11) is 0. The standard InChI is InChI=1S/C15H22F3N5O/c1-2-19-13(24)11-22-7-9-23(10-8-22)14-20-6-4-12(21-14)3-5-15(16,17)18/h4,6H,2-3,5,7-11H2,1H3,(H,19,24). The molecule has 1 N–H and O–H groups in total. The topological polar surface area (TPSA) is 61.4 Å². The molecule has 0 unspecified atom stereocenters. The van der Waals surface area contributed by atoms with Crippen LogP contribution in [0, 0.1) is 0 Å². The fraction of sp³-hybridized carbons (Fsp3) is 0.667. The first kappa shape index (κ1) is 18.4. The zero-order valence-electron chi connectivity index (χ0n) is 13.6. The number of nitrogens with one attached hydrogen (secondary N) is 1. The van der Waals surface area contributed by atoms with Crippen LogP contribution >= 0.6 is 0 Å². The fourth-order valence-corrected chi connectivity index (χ4v) is 2.51. The molecule has 0 atom stereocenters. The van der Waals surface area contributed by atoms with Gasteiger partial charge in [0, 0.05) is 51.0 Å². The molecule has 0 bridgehead atoms. The zero-order valence-corrected chi connectivity index (χ0v) is 13.6. The van der Waals surface area contributed by atoms with E-state index < -0.39 is 12.6 Å². The van der Waals surface area contributed by atoms with E-state index in [2.05, 4.69) is 15.3 Å². The van der Waals surface area contributed by atoms with Crippen LogP contribution in [0.3, 0.4) is 0 Å². The van der Waals surface area contributed by atoms with E-state index in [1.165, 1.54) is 12.3 Å². The third-order valence-electron chi connectivity index (χ3n) is 3.76. The van der Waals surface area contributed by atoms with Crippen LogP contribution in [0.5, 0.6) is 0 Å². The maximum absolute atomic E-state index is 12.3. The van der Waals surface area contributed by atoms with Crippen molar-refractivity contribution in [2.75, 3.05) is 44.2 Å². The second-order valence-corrected chi connectivity index (χ2v) is 5.68. The second kappa shape index (κ2) is 8.27. The summed E-state index contributed by atoms with van der Waals surface area (Å²) < 4.78 is 36.9. The summed E-state index contributed by atoms with van der Waals surface area (Å²) in [5.41, 5.74) is 0.391. The predicted octanol–water partition coefficient (Wildman–Crippen LogP) is 1.23. The SMILES string of the molecule is CCNC(=O)CN1CCN(c2nccc(CCC(F)(F)F)n2)CC1. The largest absolute Gasteiger partial charge is 0.389 e. The van der Waals surface area contributed by atoms with Crippen LogP contribution in [-0.4, -0.2) is 66.2 Å². The van der Waals surface area contributed by atoms with Crippen molar-refractivity contribution in [2.24, 2.45) is 0 Å². The quantitative estimate of drug-likeness (QED) is 0.840. The average molecular weight is 345 g/mol. The number of anilines is 1. The molecule has 0 spiro atoms. The number of nitrogens with zero attached hydrogens (tertiary/aromatic N) is 4. The molecule has 9 heteroatoms. The number of aromatic nitrogens is 2. The van der Waals surface area contributed by atoms with E-state index in [1.54, 1.807) is 0 Å². The van der Waals surface area contributed by atoms with Crippen LogP contribution in [0.2, 0.25) is 0 Å². The Bertz CT molecular complexity index is 544. The van der Waals surface area contributed by atoms with Crippen LogP contribution in [-0.2, 0) is 11.2 Å². The summed E-state index contributed by atoms with van der Waals surface area (Å²) in [6.45, 7) is 5.50. The van der Waals surface area contributed by atoms with Gasteiger partial charge in [-0.1, -0.05) is 0 Å². The predicted molar refractivity (Wildman–Crippen MR) is 83.7 cm³/mol. The van der Waals surface area contributed by atoms with Crippen molar-refractivity contribution in [1.82, 2.24) is 20.2 Å². The number of halogens is 3. The third-order valence-corrected chi connectivity index (χ3v) is 3.76.